The first-order chi connectivity index (χ1) is 16.2. The van der Waals surface area contributed by atoms with Gasteiger partial charge in [-0.25, -0.2) is 4.98 Å². The number of unbranched alkanes of at least 4 members (excludes halogenated alkanes) is 2. The second-order valence-electron chi connectivity index (χ2n) is 8.00. The maximum atomic E-state index is 12.4. The molecule has 0 aliphatic rings. The molecule has 0 fully saturated rings. The number of fused-ring (bicyclic) bond motifs is 1. The highest BCUT2D eigenvalue weighted by Crippen LogP contribution is 2.21. The molecule has 1 aromatic heterocycles. The summed E-state index contributed by atoms with van der Waals surface area (Å²) in [6.45, 7) is 1.44. The monoisotopic (exact) mass is 505 g/mol. The minimum absolute atomic E-state index is 0.0942. The van der Waals surface area contributed by atoms with E-state index < -0.39 is 0 Å². The largest absolute Gasteiger partial charge is 0.496 e. The summed E-state index contributed by atoms with van der Waals surface area (Å²) in [6.07, 6.45) is 3.87. The number of methoxy groups -OCH3 is 1. The molecule has 0 atom stereocenters. The third kappa shape index (κ3) is 5.82. The minimum Gasteiger partial charge on any atom is -0.496 e. The highest BCUT2D eigenvalue weighted by Gasteiger charge is 2.12. The van der Waals surface area contributed by atoms with Gasteiger partial charge in [0.15, 0.2) is 0 Å². The Balaban J connectivity index is 1.32. The van der Waals surface area contributed by atoms with Gasteiger partial charge >= 0.3 is 0 Å². The lowest BCUT2D eigenvalue weighted by atomic mass is 10.1. The van der Waals surface area contributed by atoms with Crippen molar-refractivity contribution in [1.82, 2.24) is 14.9 Å². The Kier molecular flexibility index (Phi) is 7.79. The van der Waals surface area contributed by atoms with Gasteiger partial charge in [-0.05, 0) is 54.8 Å². The average molecular weight is 506 g/mol. The summed E-state index contributed by atoms with van der Waals surface area (Å²) in [6, 6.07) is 24.0. The Bertz CT molecular complexity index is 1240. The lowest BCUT2D eigenvalue weighted by Gasteiger charge is -2.11. The van der Waals surface area contributed by atoms with Gasteiger partial charge in [0.2, 0.25) is 0 Å². The van der Waals surface area contributed by atoms with Crippen LogP contribution in [0.4, 0.5) is 0 Å². The number of amides is 1. The highest BCUT2D eigenvalue weighted by atomic mass is 79.9. The second kappa shape index (κ2) is 11.1. The number of carbonyl (C=O) groups is 1. The van der Waals surface area contributed by atoms with Crippen LogP contribution in [0.15, 0.2) is 77.3 Å². The summed E-state index contributed by atoms with van der Waals surface area (Å²) < 4.78 is 8.68. The van der Waals surface area contributed by atoms with Crippen LogP contribution in [0.5, 0.6) is 5.75 Å². The molecule has 5 nitrogen and oxygen atoms in total. The van der Waals surface area contributed by atoms with Crippen LogP contribution >= 0.6 is 15.9 Å². The molecule has 3 aromatic carbocycles. The molecule has 4 aromatic rings. The van der Waals surface area contributed by atoms with E-state index in [-0.39, 0.29) is 5.91 Å². The number of hydrogen-bond donors (Lipinski definition) is 1. The van der Waals surface area contributed by atoms with Crippen molar-refractivity contribution < 1.29 is 9.53 Å². The number of nitrogens with one attached hydrogen (secondary N) is 1. The van der Waals surface area contributed by atoms with Crippen molar-refractivity contribution in [3.8, 4) is 5.75 Å². The van der Waals surface area contributed by atoms with Gasteiger partial charge in [0, 0.05) is 24.0 Å². The van der Waals surface area contributed by atoms with Gasteiger partial charge in [-0.15, -0.1) is 0 Å². The molecule has 1 amide bonds. The SMILES string of the molecule is COc1ccccc1C(=O)NCCCCCc1nc2ccccc2n1Cc1cccc(Br)c1. The fourth-order valence-corrected chi connectivity index (χ4v) is 4.47. The number of imidazole rings is 1. The lowest BCUT2D eigenvalue weighted by Crippen LogP contribution is -2.24. The number of ether oxygens (including phenoxy) is 1. The number of nitrogens with zero attached hydrogens (tertiary/aromatic N) is 2. The zero-order valence-corrected chi connectivity index (χ0v) is 20.3. The first kappa shape index (κ1) is 23.1. The topological polar surface area (TPSA) is 56.1 Å². The maximum absolute atomic E-state index is 12.4. The molecule has 0 aliphatic carbocycles. The third-order valence-corrected chi connectivity index (χ3v) is 6.17. The molecule has 4 rings (SSSR count). The number of aromatic nitrogens is 2. The average Bonchev–Trinajstić information content (AvgIpc) is 3.18. The van der Waals surface area contributed by atoms with Gasteiger partial charge in [0.25, 0.3) is 5.91 Å². The summed E-state index contributed by atoms with van der Waals surface area (Å²) in [5.41, 5.74) is 4.01. The molecule has 33 heavy (non-hydrogen) atoms. The predicted octanol–water partition coefficient (Wildman–Crippen LogP) is 6.00. The first-order valence-electron chi connectivity index (χ1n) is 11.3. The number of aryl methyl sites for hydroxylation is 1. The predicted molar refractivity (Wildman–Crippen MR) is 136 cm³/mol. The Morgan fingerprint density at radius 3 is 2.67 bits per heavy atom. The summed E-state index contributed by atoms with van der Waals surface area (Å²) in [7, 11) is 1.58. The van der Waals surface area contributed by atoms with Crippen LogP contribution in [-0.2, 0) is 13.0 Å². The van der Waals surface area contributed by atoms with Crippen LogP contribution < -0.4 is 10.1 Å². The van der Waals surface area contributed by atoms with Crippen molar-refractivity contribution in [2.75, 3.05) is 13.7 Å². The fourth-order valence-electron chi connectivity index (χ4n) is 4.02. The van der Waals surface area contributed by atoms with Crippen molar-refractivity contribution in [1.29, 1.82) is 0 Å². The van der Waals surface area contributed by atoms with Crippen molar-refractivity contribution in [3.05, 3.63) is 94.2 Å². The summed E-state index contributed by atoms with van der Waals surface area (Å²) in [4.78, 5) is 17.3. The lowest BCUT2D eigenvalue weighted by molar-refractivity contribution is 0.0950. The molecule has 0 saturated heterocycles. The van der Waals surface area contributed by atoms with Crippen LogP contribution in [0.3, 0.4) is 0 Å². The minimum atomic E-state index is -0.0942. The maximum Gasteiger partial charge on any atom is 0.255 e. The van der Waals surface area contributed by atoms with E-state index in [2.05, 4.69) is 62.2 Å². The van der Waals surface area contributed by atoms with E-state index in [9.17, 15) is 4.79 Å². The standard InChI is InChI=1S/C27H28BrN3O2/c1-33-25-15-7-4-12-22(25)27(32)29-17-8-2-3-16-26-30-23-13-5-6-14-24(23)31(26)19-20-10-9-11-21(28)18-20/h4-7,9-15,18H,2-3,8,16-17,19H2,1H3,(H,29,32). The number of rotatable bonds is 10. The van der Waals surface area contributed by atoms with Crippen LogP contribution in [0, 0.1) is 0 Å². The number of carbonyl (C=O) groups excluding carboxylic acids is 1. The smallest absolute Gasteiger partial charge is 0.255 e. The Labute approximate surface area is 202 Å². The molecule has 0 bridgehead atoms. The molecule has 0 spiro atoms. The summed E-state index contributed by atoms with van der Waals surface area (Å²) in [5.74, 6) is 1.61. The van der Waals surface area contributed by atoms with Crippen molar-refractivity contribution in [2.45, 2.75) is 32.2 Å². The molecule has 0 unspecified atom stereocenters. The number of para-hydroxylation sites is 3. The summed E-state index contributed by atoms with van der Waals surface area (Å²) in [5, 5.41) is 3.00. The van der Waals surface area contributed by atoms with Crippen LogP contribution in [0.25, 0.3) is 11.0 Å². The molecule has 0 saturated carbocycles. The van der Waals surface area contributed by atoms with Gasteiger partial charge < -0.3 is 14.6 Å². The van der Waals surface area contributed by atoms with E-state index in [1.807, 2.05) is 24.3 Å². The molecular weight excluding hydrogens is 478 g/mol. The first-order valence-corrected chi connectivity index (χ1v) is 12.0. The fraction of sp³-hybridized carbons (Fsp3) is 0.259. The van der Waals surface area contributed by atoms with E-state index in [0.717, 1.165) is 53.6 Å². The van der Waals surface area contributed by atoms with Crippen LogP contribution in [-0.4, -0.2) is 29.1 Å². The van der Waals surface area contributed by atoms with E-state index in [1.54, 1.807) is 19.2 Å². The molecule has 0 radical (unpaired) electrons. The summed E-state index contributed by atoms with van der Waals surface area (Å²) >= 11 is 3.57. The second-order valence-corrected chi connectivity index (χ2v) is 8.92. The molecule has 1 heterocycles. The number of hydrogen-bond acceptors (Lipinski definition) is 3. The van der Waals surface area contributed by atoms with Gasteiger partial charge in [-0.1, -0.05) is 58.7 Å². The zero-order chi connectivity index (χ0) is 23.0. The van der Waals surface area contributed by atoms with Gasteiger partial charge in [-0.2, -0.15) is 0 Å². The molecule has 0 aliphatic heterocycles. The zero-order valence-electron chi connectivity index (χ0n) is 18.8. The quantitative estimate of drug-likeness (QED) is 0.269. The molecule has 1 N–H and O–H groups in total. The van der Waals surface area contributed by atoms with Crippen LogP contribution in [0.2, 0.25) is 0 Å². The normalized spacial score (nSPS) is 11.0. The van der Waals surface area contributed by atoms with E-state index in [1.165, 1.54) is 5.56 Å². The molecule has 170 valence electrons. The van der Waals surface area contributed by atoms with E-state index >= 15 is 0 Å². The van der Waals surface area contributed by atoms with Gasteiger partial charge in [0.05, 0.1) is 23.7 Å². The Hall–Kier alpha value is -3.12. The van der Waals surface area contributed by atoms with Crippen molar-refractivity contribution in [2.24, 2.45) is 0 Å². The molecule has 6 heteroatoms. The van der Waals surface area contributed by atoms with Crippen LogP contribution in [0.1, 0.15) is 41.0 Å². The number of benzene rings is 3. The van der Waals surface area contributed by atoms with E-state index in [4.69, 9.17) is 9.72 Å². The van der Waals surface area contributed by atoms with Crippen molar-refractivity contribution >= 4 is 32.9 Å². The van der Waals surface area contributed by atoms with Gasteiger partial charge in [0.1, 0.15) is 11.6 Å². The van der Waals surface area contributed by atoms with Gasteiger partial charge in [-0.3, -0.25) is 4.79 Å². The third-order valence-electron chi connectivity index (χ3n) is 5.68. The molecular formula is C27H28BrN3O2. The van der Waals surface area contributed by atoms with E-state index in [0.29, 0.717) is 17.9 Å². The number of halogens is 1. The Morgan fingerprint density at radius 1 is 1.00 bits per heavy atom. The highest BCUT2D eigenvalue weighted by molar-refractivity contribution is 9.10. The van der Waals surface area contributed by atoms with Crippen molar-refractivity contribution in [3.63, 3.8) is 0 Å². The Morgan fingerprint density at radius 2 is 1.82 bits per heavy atom.